The van der Waals surface area contributed by atoms with Crippen LogP contribution in [0.1, 0.15) is 17.4 Å². The molecular weight excluding hydrogens is 210 g/mol. The summed E-state index contributed by atoms with van der Waals surface area (Å²) in [4.78, 5) is 19.2. The third kappa shape index (κ3) is 2.02. The zero-order chi connectivity index (χ0) is 10.8. The lowest BCUT2D eigenvalue weighted by Gasteiger charge is -1.96. The average molecular weight is 219 g/mol. The fourth-order valence-corrected chi connectivity index (χ4v) is 2.01. The maximum Gasteiger partial charge on any atom is 0.178 e. The number of carbonyl (C=O) groups is 1. The van der Waals surface area contributed by atoms with Crippen molar-refractivity contribution >= 4 is 22.9 Å². The number of pyridine rings is 1. The molecular formula is C10H9N3OS. The molecule has 0 unspecified atom stereocenters. The van der Waals surface area contributed by atoms with Gasteiger partial charge in [0.1, 0.15) is 16.5 Å². The van der Waals surface area contributed by atoms with Crippen molar-refractivity contribution in [2.24, 2.45) is 0 Å². The molecule has 0 radical (unpaired) electrons. The first-order valence-electron chi connectivity index (χ1n) is 4.35. The van der Waals surface area contributed by atoms with E-state index in [2.05, 4.69) is 9.97 Å². The molecule has 0 saturated heterocycles. The number of hydrogen-bond acceptors (Lipinski definition) is 5. The topological polar surface area (TPSA) is 68.9 Å². The maximum atomic E-state index is 11.1. The first-order valence-corrected chi connectivity index (χ1v) is 5.23. The number of nitrogens with zero attached hydrogens (tertiary/aromatic N) is 2. The van der Waals surface area contributed by atoms with E-state index in [-0.39, 0.29) is 5.78 Å². The number of ketones is 1. The van der Waals surface area contributed by atoms with Gasteiger partial charge in [-0.3, -0.25) is 4.79 Å². The van der Waals surface area contributed by atoms with Crippen LogP contribution in [0.2, 0.25) is 0 Å². The summed E-state index contributed by atoms with van der Waals surface area (Å²) >= 11 is 1.42. The van der Waals surface area contributed by atoms with Gasteiger partial charge < -0.3 is 5.73 Å². The molecule has 2 heterocycles. The highest BCUT2D eigenvalue weighted by Crippen LogP contribution is 2.24. The second kappa shape index (κ2) is 3.78. The van der Waals surface area contributed by atoms with Gasteiger partial charge in [-0.15, -0.1) is 11.3 Å². The van der Waals surface area contributed by atoms with Gasteiger partial charge >= 0.3 is 0 Å². The summed E-state index contributed by atoms with van der Waals surface area (Å²) in [7, 11) is 0. The Morgan fingerprint density at radius 1 is 1.53 bits per heavy atom. The first-order chi connectivity index (χ1) is 7.16. The van der Waals surface area contributed by atoms with Crippen LogP contribution in [0.3, 0.4) is 0 Å². The quantitative estimate of drug-likeness (QED) is 0.784. The van der Waals surface area contributed by atoms with Gasteiger partial charge in [0.2, 0.25) is 0 Å². The van der Waals surface area contributed by atoms with Gasteiger partial charge in [-0.1, -0.05) is 0 Å². The standard InChI is InChI=1S/C10H9N3OS/c1-6(14)8-5-15-10(13-8)7-2-3-12-9(11)4-7/h2-5H,1H3,(H2,11,12). The van der Waals surface area contributed by atoms with Gasteiger partial charge in [0.15, 0.2) is 5.78 Å². The summed E-state index contributed by atoms with van der Waals surface area (Å²) < 4.78 is 0. The highest BCUT2D eigenvalue weighted by atomic mass is 32.1. The number of hydrogen-bond donors (Lipinski definition) is 1. The number of rotatable bonds is 2. The van der Waals surface area contributed by atoms with Crippen LogP contribution in [0, 0.1) is 0 Å². The second-order valence-electron chi connectivity index (χ2n) is 3.06. The third-order valence-electron chi connectivity index (χ3n) is 1.89. The summed E-state index contributed by atoms with van der Waals surface area (Å²) in [6.45, 7) is 1.50. The number of thiazole rings is 1. The Labute approximate surface area is 90.8 Å². The summed E-state index contributed by atoms with van der Waals surface area (Å²) in [5.41, 5.74) is 6.94. The van der Waals surface area contributed by atoms with Crippen molar-refractivity contribution in [1.82, 2.24) is 9.97 Å². The van der Waals surface area contributed by atoms with Crippen molar-refractivity contribution in [3.05, 3.63) is 29.4 Å². The largest absolute Gasteiger partial charge is 0.384 e. The molecule has 5 heteroatoms. The van der Waals surface area contributed by atoms with Crippen LogP contribution in [-0.2, 0) is 0 Å². The van der Waals surface area contributed by atoms with Crippen molar-refractivity contribution in [2.45, 2.75) is 6.92 Å². The molecule has 0 atom stereocenters. The Balaban J connectivity index is 2.41. The third-order valence-corrected chi connectivity index (χ3v) is 2.78. The van der Waals surface area contributed by atoms with Gasteiger partial charge in [0.25, 0.3) is 0 Å². The van der Waals surface area contributed by atoms with Crippen LogP contribution in [0.15, 0.2) is 23.7 Å². The minimum Gasteiger partial charge on any atom is -0.384 e. The van der Waals surface area contributed by atoms with Crippen LogP contribution in [-0.4, -0.2) is 15.8 Å². The van der Waals surface area contributed by atoms with Gasteiger partial charge in [0.05, 0.1) is 0 Å². The number of aromatic nitrogens is 2. The van der Waals surface area contributed by atoms with E-state index in [0.717, 1.165) is 10.6 Å². The molecule has 0 aliphatic carbocycles. The molecule has 2 N–H and O–H groups in total. The van der Waals surface area contributed by atoms with Crippen LogP contribution < -0.4 is 5.73 Å². The van der Waals surface area contributed by atoms with E-state index in [1.807, 2.05) is 6.07 Å². The minimum absolute atomic E-state index is 0.0282. The SMILES string of the molecule is CC(=O)c1csc(-c2ccnc(N)c2)n1. The Hall–Kier alpha value is -1.75. The average Bonchev–Trinajstić information content (AvgIpc) is 2.66. The predicted molar refractivity (Wildman–Crippen MR) is 59.8 cm³/mol. The van der Waals surface area contributed by atoms with E-state index < -0.39 is 0 Å². The molecule has 2 rings (SSSR count). The van der Waals surface area contributed by atoms with Gasteiger partial charge in [-0.2, -0.15) is 0 Å². The summed E-state index contributed by atoms with van der Waals surface area (Å²) in [6, 6.07) is 3.56. The van der Waals surface area contributed by atoms with Crippen LogP contribution in [0.4, 0.5) is 5.82 Å². The molecule has 0 aliphatic rings. The monoisotopic (exact) mass is 219 g/mol. The van der Waals surface area contributed by atoms with Gasteiger partial charge in [-0.05, 0) is 12.1 Å². The van der Waals surface area contributed by atoms with Crippen LogP contribution in [0.25, 0.3) is 10.6 Å². The normalized spacial score (nSPS) is 10.2. The van der Waals surface area contributed by atoms with E-state index in [1.54, 1.807) is 17.6 Å². The van der Waals surface area contributed by atoms with Crippen LogP contribution >= 0.6 is 11.3 Å². The second-order valence-corrected chi connectivity index (χ2v) is 3.92. The van der Waals surface area contributed by atoms with Crippen molar-refractivity contribution in [1.29, 1.82) is 0 Å². The van der Waals surface area contributed by atoms with E-state index in [0.29, 0.717) is 11.5 Å². The number of nitrogen functional groups attached to an aromatic ring is 1. The highest BCUT2D eigenvalue weighted by Gasteiger charge is 2.07. The number of nitrogens with two attached hydrogens (primary N) is 1. The molecule has 0 aliphatic heterocycles. The zero-order valence-corrected chi connectivity index (χ0v) is 8.91. The van der Waals surface area contributed by atoms with E-state index in [4.69, 9.17) is 5.73 Å². The Morgan fingerprint density at radius 3 is 2.93 bits per heavy atom. The summed E-state index contributed by atoms with van der Waals surface area (Å²) in [5, 5.41) is 2.53. The molecule has 0 amide bonds. The van der Waals surface area contributed by atoms with Crippen LogP contribution in [0.5, 0.6) is 0 Å². The van der Waals surface area contributed by atoms with Crippen molar-refractivity contribution < 1.29 is 4.79 Å². The Bertz CT molecular complexity index is 507. The predicted octanol–water partition coefficient (Wildman–Crippen LogP) is 1.99. The zero-order valence-electron chi connectivity index (χ0n) is 8.10. The molecule has 0 bridgehead atoms. The molecule has 4 nitrogen and oxygen atoms in total. The highest BCUT2D eigenvalue weighted by molar-refractivity contribution is 7.13. The van der Waals surface area contributed by atoms with Gasteiger partial charge in [0, 0.05) is 24.1 Å². The molecule has 2 aromatic rings. The molecule has 15 heavy (non-hydrogen) atoms. The van der Waals surface area contributed by atoms with Gasteiger partial charge in [-0.25, -0.2) is 9.97 Å². The summed E-state index contributed by atoms with van der Waals surface area (Å²) in [6.07, 6.45) is 1.62. The van der Waals surface area contributed by atoms with Crippen molar-refractivity contribution in [2.75, 3.05) is 5.73 Å². The molecule has 2 aromatic heterocycles. The minimum atomic E-state index is -0.0282. The first kappa shape index (κ1) is 9.79. The van der Waals surface area contributed by atoms with Crippen molar-refractivity contribution in [3.63, 3.8) is 0 Å². The van der Waals surface area contributed by atoms with E-state index in [1.165, 1.54) is 18.3 Å². The summed E-state index contributed by atoms with van der Waals surface area (Å²) in [5.74, 6) is 0.423. The fourth-order valence-electron chi connectivity index (χ4n) is 1.15. The molecule has 76 valence electrons. The molecule has 0 aromatic carbocycles. The molecule has 0 spiro atoms. The smallest absolute Gasteiger partial charge is 0.178 e. The lowest BCUT2D eigenvalue weighted by Crippen LogP contribution is -1.92. The van der Waals surface area contributed by atoms with Crippen molar-refractivity contribution in [3.8, 4) is 10.6 Å². The lowest BCUT2D eigenvalue weighted by atomic mass is 10.2. The van der Waals surface area contributed by atoms with E-state index >= 15 is 0 Å². The Kier molecular flexibility index (Phi) is 2.47. The molecule has 0 saturated carbocycles. The van der Waals surface area contributed by atoms with E-state index in [9.17, 15) is 4.79 Å². The Morgan fingerprint density at radius 2 is 2.33 bits per heavy atom. The molecule has 0 fully saturated rings. The number of anilines is 1. The fraction of sp³-hybridized carbons (Fsp3) is 0.100. The number of carbonyl (C=O) groups excluding carboxylic acids is 1. The maximum absolute atomic E-state index is 11.1. The lowest BCUT2D eigenvalue weighted by molar-refractivity contribution is 0.101. The number of Topliss-reactive ketones (excluding diaryl/α,β-unsaturated/α-hetero) is 1.